The van der Waals surface area contributed by atoms with E-state index in [0.29, 0.717) is 5.75 Å². The maximum absolute atomic E-state index is 12.8. The van der Waals surface area contributed by atoms with E-state index < -0.39 is 0 Å². The molecule has 0 spiro atoms. The quantitative estimate of drug-likeness (QED) is 0.581. The monoisotopic (exact) mass is 336 g/mol. The van der Waals surface area contributed by atoms with E-state index in [1.54, 1.807) is 6.07 Å². The Morgan fingerprint density at radius 3 is 2.62 bits per heavy atom. The molecule has 84 valence electrons. The molecule has 0 N–H and O–H groups in total. The second-order valence-corrected chi connectivity index (χ2v) is 3.75. The van der Waals surface area contributed by atoms with Crippen LogP contribution in [0.4, 0.5) is 4.39 Å². The van der Waals surface area contributed by atoms with Gasteiger partial charge in [-0.2, -0.15) is 6.07 Å². The molecular weight excluding hydrogens is 324 g/mol. The SMILES string of the molecule is Fc1cc[c-]c(OC2CCCCC2)c1.[Zn+][Br]. The van der Waals surface area contributed by atoms with Crippen molar-refractivity contribution < 1.29 is 25.5 Å². The summed E-state index contributed by atoms with van der Waals surface area (Å²) < 4.78 is 18.5. The van der Waals surface area contributed by atoms with Crippen molar-refractivity contribution in [3.63, 3.8) is 0 Å². The van der Waals surface area contributed by atoms with Crippen molar-refractivity contribution in [2.24, 2.45) is 0 Å². The third kappa shape index (κ3) is 4.92. The van der Waals surface area contributed by atoms with Crippen molar-refractivity contribution in [3.8, 4) is 5.75 Å². The van der Waals surface area contributed by atoms with Crippen molar-refractivity contribution in [3.05, 3.63) is 30.1 Å². The van der Waals surface area contributed by atoms with Gasteiger partial charge in [-0.1, -0.05) is 12.5 Å². The molecule has 0 heterocycles. The molecule has 4 heteroatoms. The Hall–Kier alpha value is 0.0534. The van der Waals surface area contributed by atoms with E-state index in [0.717, 1.165) is 12.8 Å². The van der Waals surface area contributed by atoms with E-state index >= 15 is 0 Å². The van der Waals surface area contributed by atoms with Crippen molar-refractivity contribution in [1.29, 1.82) is 0 Å². The van der Waals surface area contributed by atoms with Crippen LogP contribution in [0.15, 0.2) is 18.2 Å². The van der Waals surface area contributed by atoms with Crippen LogP contribution in [0, 0.1) is 11.9 Å². The molecule has 0 aliphatic heterocycles. The van der Waals surface area contributed by atoms with Gasteiger partial charge >= 0.3 is 30.0 Å². The van der Waals surface area contributed by atoms with Crippen molar-refractivity contribution in [1.82, 2.24) is 0 Å². The summed E-state index contributed by atoms with van der Waals surface area (Å²) in [5.41, 5.74) is 0. The van der Waals surface area contributed by atoms with Gasteiger partial charge < -0.3 is 4.74 Å². The summed E-state index contributed by atoms with van der Waals surface area (Å²) in [4.78, 5) is 0. The third-order valence-electron chi connectivity index (χ3n) is 2.58. The Morgan fingerprint density at radius 2 is 2.00 bits per heavy atom. The first-order valence-electron chi connectivity index (χ1n) is 5.45. The molecule has 1 saturated carbocycles. The first-order valence-corrected chi connectivity index (χ1v) is 12.4. The zero-order valence-corrected chi connectivity index (χ0v) is 13.8. The summed E-state index contributed by atoms with van der Waals surface area (Å²) in [6.07, 6.45) is 6.18. The number of rotatable bonds is 2. The van der Waals surface area contributed by atoms with Gasteiger partial charge in [0.25, 0.3) is 0 Å². The van der Waals surface area contributed by atoms with E-state index in [-0.39, 0.29) is 11.9 Å². The van der Waals surface area contributed by atoms with Gasteiger partial charge in [0.2, 0.25) is 0 Å². The summed E-state index contributed by atoms with van der Waals surface area (Å²) in [6, 6.07) is 7.24. The molecule has 1 nitrogen and oxygen atoms in total. The van der Waals surface area contributed by atoms with E-state index in [9.17, 15) is 4.39 Å². The van der Waals surface area contributed by atoms with Gasteiger partial charge in [0.05, 0.1) is 6.10 Å². The predicted octanol–water partition coefficient (Wildman–Crippen LogP) is 4.18. The number of hydrogen-bond acceptors (Lipinski definition) is 1. The van der Waals surface area contributed by atoms with Crippen molar-refractivity contribution in [2.45, 2.75) is 38.2 Å². The van der Waals surface area contributed by atoms with E-state index in [4.69, 9.17) is 4.74 Å². The zero-order valence-electron chi connectivity index (χ0n) is 9.22. The Morgan fingerprint density at radius 1 is 1.31 bits per heavy atom. The molecule has 1 aliphatic rings. The minimum absolute atomic E-state index is 0.255. The summed E-state index contributed by atoms with van der Waals surface area (Å²) in [7, 11) is 0. The molecule has 0 bridgehead atoms. The molecule has 0 unspecified atom stereocenters. The van der Waals surface area contributed by atoms with Gasteiger partial charge in [0.1, 0.15) is 0 Å². The molecule has 0 radical (unpaired) electrons. The Kier molecular flexibility index (Phi) is 7.22. The first kappa shape index (κ1) is 14.1. The molecule has 1 fully saturated rings. The Bertz CT molecular complexity index is 303. The first-order chi connectivity index (χ1) is 7.84. The third-order valence-corrected chi connectivity index (χ3v) is 2.58. The van der Waals surface area contributed by atoms with Gasteiger partial charge in [0.15, 0.2) is 0 Å². The molecular formula is C12H14BrFOZn. The maximum atomic E-state index is 12.8. The normalized spacial score (nSPS) is 16.2. The molecule has 16 heavy (non-hydrogen) atoms. The summed E-state index contributed by atoms with van der Waals surface area (Å²) in [5, 5.41) is 0. The van der Waals surface area contributed by atoms with E-state index in [1.807, 2.05) is 0 Å². The fraction of sp³-hybridized carbons (Fsp3) is 0.500. The fourth-order valence-corrected chi connectivity index (χ4v) is 1.85. The van der Waals surface area contributed by atoms with Crippen LogP contribution in [-0.4, -0.2) is 6.10 Å². The Labute approximate surface area is 113 Å². The van der Waals surface area contributed by atoms with Crippen LogP contribution in [0.5, 0.6) is 5.75 Å². The van der Waals surface area contributed by atoms with Gasteiger partial charge in [-0.05, 0) is 25.7 Å². The van der Waals surface area contributed by atoms with Crippen LogP contribution in [0.1, 0.15) is 32.1 Å². The average Bonchev–Trinajstić information content (AvgIpc) is 2.33. The standard InChI is InChI=1S/C12H14FO.BrH.Zn/c13-10-5-4-8-12(9-10)14-11-6-2-1-3-7-11;;/h4-5,9,11H,1-3,6-7H2;1H;/q-1;;+2/p-1. The number of halogens is 2. The van der Waals surface area contributed by atoms with Crippen LogP contribution in [0.25, 0.3) is 0 Å². The molecule has 1 aromatic rings. The number of hydrogen-bond donors (Lipinski definition) is 0. The fourth-order valence-electron chi connectivity index (χ4n) is 1.85. The number of benzene rings is 1. The van der Waals surface area contributed by atoms with Crippen LogP contribution >= 0.6 is 13.6 Å². The molecule has 0 amide bonds. The Balaban J connectivity index is 0.000000606. The van der Waals surface area contributed by atoms with Crippen LogP contribution in [0.3, 0.4) is 0 Å². The van der Waals surface area contributed by atoms with Gasteiger partial charge in [-0.15, -0.1) is 12.1 Å². The number of ether oxygens (including phenoxy) is 1. The molecule has 1 aromatic carbocycles. The predicted molar refractivity (Wildman–Crippen MR) is 61.7 cm³/mol. The van der Waals surface area contributed by atoms with E-state index in [2.05, 4.69) is 19.7 Å². The molecule has 0 aromatic heterocycles. The second-order valence-electron chi connectivity index (χ2n) is 3.75. The topological polar surface area (TPSA) is 9.23 Å². The van der Waals surface area contributed by atoms with Crippen molar-refractivity contribution >= 4 is 13.6 Å². The van der Waals surface area contributed by atoms with Gasteiger partial charge in [-0.3, -0.25) is 0 Å². The second kappa shape index (κ2) is 8.19. The van der Waals surface area contributed by atoms with E-state index in [1.165, 1.54) is 47.7 Å². The summed E-state index contributed by atoms with van der Waals surface area (Å²) >= 11 is 4.25. The summed E-state index contributed by atoms with van der Waals surface area (Å²) in [6.45, 7) is 0. The molecule has 0 atom stereocenters. The molecule has 0 saturated heterocycles. The van der Waals surface area contributed by atoms with Gasteiger partial charge in [-0.25, -0.2) is 4.39 Å². The minimum atomic E-state index is -0.255. The van der Waals surface area contributed by atoms with Crippen molar-refractivity contribution in [2.75, 3.05) is 0 Å². The molecule has 1 aliphatic carbocycles. The van der Waals surface area contributed by atoms with Crippen LogP contribution in [0.2, 0.25) is 0 Å². The van der Waals surface area contributed by atoms with Crippen LogP contribution < -0.4 is 4.74 Å². The molecule has 2 rings (SSSR count). The average molecular weight is 339 g/mol. The zero-order chi connectivity index (χ0) is 11.8. The summed E-state index contributed by atoms with van der Waals surface area (Å²) in [5.74, 6) is 0.284. The van der Waals surface area contributed by atoms with Crippen LogP contribution in [-0.2, 0) is 16.3 Å². The van der Waals surface area contributed by atoms with Gasteiger partial charge in [0, 0.05) is 11.6 Å².